The molecule has 1 atom stereocenters. The normalized spacial score (nSPS) is 21.9. The summed E-state index contributed by atoms with van der Waals surface area (Å²) in [5.74, 6) is -14.3. The molecule has 0 aromatic heterocycles. The molecule has 2 aliphatic carbocycles. The summed E-state index contributed by atoms with van der Waals surface area (Å²) in [5, 5.41) is 9.32. The van der Waals surface area contributed by atoms with Crippen LogP contribution in [0.4, 0.5) is 48.3 Å². The van der Waals surface area contributed by atoms with Crippen molar-refractivity contribution in [3.8, 4) is 0 Å². The largest absolute Gasteiger partial charge is 0.426 e. The van der Waals surface area contributed by atoms with Crippen molar-refractivity contribution in [3.63, 3.8) is 0 Å². The molecule has 30 heavy (non-hydrogen) atoms. The number of rotatable bonds is 6. The molecule has 0 aliphatic heterocycles. The minimum atomic E-state index is -6.73. The summed E-state index contributed by atoms with van der Waals surface area (Å²) in [6, 6.07) is 0. The first-order valence-corrected chi connectivity index (χ1v) is 9.09. The molecule has 0 aromatic carbocycles. The fourth-order valence-electron chi connectivity index (χ4n) is 4.54. The van der Waals surface area contributed by atoms with Crippen LogP contribution in [0.1, 0.15) is 44.9 Å². The first-order chi connectivity index (χ1) is 13.5. The maximum absolute atomic E-state index is 14.0. The Morgan fingerprint density at radius 3 is 1.77 bits per heavy atom. The van der Waals surface area contributed by atoms with E-state index in [0.717, 1.165) is 31.8 Å². The monoisotopic (exact) mass is 460 g/mol. The van der Waals surface area contributed by atoms with E-state index in [1.54, 1.807) is 0 Å². The molecule has 0 heterocycles. The van der Waals surface area contributed by atoms with E-state index in [-0.39, 0.29) is 11.3 Å². The first-order valence-electron chi connectivity index (χ1n) is 9.09. The minimum Gasteiger partial charge on any atom is -0.373 e. The predicted octanol–water partition coefficient (Wildman–Crippen LogP) is 7.09. The topological polar surface area (TPSA) is 20.2 Å². The molecule has 2 saturated carbocycles. The van der Waals surface area contributed by atoms with E-state index in [4.69, 9.17) is 0 Å². The molecule has 0 bridgehead atoms. The van der Waals surface area contributed by atoms with E-state index in [1.165, 1.54) is 0 Å². The number of hydrogen-bond donors (Lipinski definition) is 1. The van der Waals surface area contributed by atoms with Crippen LogP contribution in [0.5, 0.6) is 0 Å². The summed E-state index contributed by atoms with van der Waals surface area (Å²) < 4.78 is 144. The second-order valence-electron chi connectivity index (χ2n) is 8.05. The molecule has 1 nitrogen and oxygen atoms in total. The van der Waals surface area contributed by atoms with Gasteiger partial charge in [-0.05, 0) is 43.4 Å². The van der Waals surface area contributed by atoms with Crippen LogP contribution in [0, 0.1) is 17.3 Å². The fourth-order valence-corrected chi connectivity index (χ4v) is 4.54. The van der Waals surface area contributed by atoms with Crippen LogP contribution >= 0.6 is 0 Å². The first kappa shape index (κ1) is 24.9. The zero-order valence-electron chi connectivity index (χ0n) is 15.4. The Kier molecular flexibility index (Phi) is 6.63. The van der Waals surface area contributed by atoms with Crippen molar-refractivity contribution in [1.82, 2.24) is 0 Å². The van der Waals surface area contributed by atoms with Gasteiger partial charge in [0.05, 0.1) is 5.92 Å². The Labute approximate surface area is 164 Å². The summed E-state index contributed by atoms with van der Waals surface area (Å²) in [6.45, 7) is 0. The van der Waals surface area contributed by atoms with Crippen molar-refractivity contribution in [1.29, 1.82) is 0 Å². The molecule has 12 heteroatoms. The molecule has 0 amide bonds. The molecule has 174 valence electrons. The smallest absolute Gasteiger partial charge is 0.373 e. The van der Waals surface area contributed by atoms with E-state index in [2.05, 4.69) is 0 Å². The Morgan fingerprint density at radius 1 is 0.900 bits per heavy atom. The van der Waals surface area contributed by atoms with E-state index in [0.29, 0.717) is 18.9 Å². The number of allylic oxidation sites excluding steroid dienone is 3. The number of aliphatic hydroxyl groups is 1. The second kappa shape index (κ2) is 7.98. The molecule has 1 spiro atoms. The van der Waals surface area contributed by atoms with Gasteiger partial charge < -0.3 is 5.11 Å². The van der Waals surface area contributed by atoms with Gasteiger partial charge in [0.25, 0.3) is 5.60 Å². The van der Waals surface area contributed by atoms with Crippen molar-refractivity contribution < 1.29 is 53.4 Å². The molecule has 0 saturated heterocycles. The van der Waals surface area contributed by atoms with Gasteiger partial charge in [0.2, 0.25) is 5.83 Å². The van der Waals surface area contributed by atoms with Crippen molar-refractivity contribution in [3.05, 3.63) is 24.1 Å². The Hall–Kier alpha value is -1.33. The van der Waals surface area contributed by atoms with Crippen molar-refractivity contribution in [2.75, 3.05) is 0 Å². The average Bonchev–Trinajstić information content (AvgIpc) is 3.04. The zero-order chi connectivity index (χ0) is 23.2. The van der Waals surface area contributed by atoms with E-state index >= 15 is 0 Å². The average molecular weight is 460 g/mol. The molecule has 2 aliphatic rings. The third-order valence-corrected chi connectivity index (χ3v) is 6.10. The highest BCUT2D eigenvalue weighted by atomic mass is 19.4. The van der Waals surface area contributed by atoms with Crippen LogP contribution in [0.15, 0.2) is 24.1 Å². The van der Waals surface area contributed by atoms with Crippen LogP contribution in [-0.4, -0.2) is 29.0 Å². The highest BCUT2D eigenvalue weighted by molar-refractivity contribution is 5.17. The van der Waals surface area contributed by atoms with Crippen LogP contribution in [0.25, 0.3) is 0 Å². The zero-order valence-corrected chi connectivity index (χ0v) is 15.4. The summed E-state index contributed by atoms with van der Waals surface area (Å²) >= 11 is 0. The van der Waals surface area contributed by atoms with Crippen LogP contribution in [-0.2, 0) is 0 Å². The number of alkyl halides is 8. The number of hydrogen-bond acceptors (Lipinski definition) is 1. The Morgan fingerprint density at radius 2 is 1.37 bits per heavy atom. The molecule has 2 rings (SSSR count). The van der Waals surface area contributed by atoms with Crippen LogP contribution in [0.3, 0.4) is 0 Å². The summed E-state index contributed by atoms with van der Waals surface area (Å²) in [7, 11) is 0. The third kappa shape index (κ3) is 4.34. The van der Waals surface area contributed by atoms with Crippen molar-refractivity contribution >= 4 is 0 Å². The van der Waals surface area contributed by atoms with E-state index in [9.17, 15) is 53.4 Å². The molecular weight excluding hydrogens is 441 g/mol. The van der Waals surface area contributed by atoms with Gasteiger partial charge in [-0.2, -0.15) is 48.3 Å². The summed E-state index contributed by atoms with van der Waals surface area (Å²) in [4.78, 5) is 0. The molecule has 1 unspecified atom stereocenters. The van der Waals surface area contributed by atoms with Gasteiger partial charge in [-0.25, -0.2) is 0 Å². The predicted molar refractivity (Wildman–Crippen MR) is 83.2 cm³/mol. The number of halogens is 11. The fraction of sp³-hybridized carbons (Fsp3) is 0.778. The molecule has 2 fully saturated rings. The van der Waals surface area contributed by atoms with Gasteiger partial charge >= 0.3 is 24.4 Å². The molecule has 0 radical (unpaired) electrons. The molecule has 1 N–H and O–H groups in total. The lowest BCUT2D eigenvalue weighted by Crippen LogP contribution is -2.65. The van der Waals surface area contributed by atoms with Gasteiger partial charge in [0.1, 0.15) is 0 Å². The maximum atomic E-state index is 14.0. The maximum Gasteiger partial charge on any atom is 0.426 e. The highest BCUT2D eigenvalue weighted by Crippen LogP contribution is 2.57. The van der Waals surface area contributed by atoms with Crippen molar-refractivity contribution in [2.45, 2.75) is 68.8 Å². The lowest BCUT2D eigenvalue weighted by atomic mass is 9.61. The van der Waals surface area contributed by atoms with Gasteiger partial charge in [0, 0.05) is 0 Å². The molecule has 0 aromatic rings. The molecular formula is C18H19F11O. The van der Waals surface area contributed by atoms with Gasteiger partial charge in [-0.1, -0.05) is 25.0 Å². The van der Waals surface area contributed by atoms with E-state index < -0.39 is 48.1 Å². The Balaban J connectivity index is 2.34. The van der Waals surface area contributed by atoms with Gasteiger partial charge in [0.15, 0.2) is 0 Å². The third-order valence-electron chi connectivity index (χ3n) is 6.10. The van der Waals surface area contributed by atoms with Crippen LogP contribution < -0.4 is 0 Å². The second-order valence-corrected chi connectivity index (χ2v) is 8.05. The SMILES string of the molecule is OC(C(C/C=C/C1CC2(CCCC2)C1)C(F)(F)C(F)=C(F)F)(C(F)(F)F)C(F)(F)F. The minimum absolute atomic E-state index is 0.0310. The van der Waals surface area contributed by atoms with Crippen molar-refractivity contribution in [2.24, 2.45) is 17.3 Å². The lowest BCUT2D eigenvalue weighted by Gasteiger charge is -2.44. The summed E-state index contributed by atoms with van der Waals surface area (Å²) in [5.41, 5.74) is -6.09. The Bertz CT molecular complexity index is 657. The van der Waals surface area contributed by atoms with Crippen LogP contribution in [0.2, 0.25) is 0 Å². The standard InChI is InChI=1S/C18H19F11O/c19-12(13(20)21)15(22,23)11(16(30,17(24,25)26)18(27,28)29)5-3-4-10-8-14(9-10)6-1-2-7-14/h3-4,10-11,30H,1-2,5-9H2/b4-3+. The van der Waals surface area contributed by atoms with Gasteiger partial charge in [-0.3, -0.25) is 0 Å². The highest BCUT2D eigenvalue weighted by Gasteiger charge is 2.78. The van der Waals surface area contributed by atoms with Gasteiger partial charge in [-0.15, -0.1) is 0 Å². The quantitative estimate of drug-likeness (QED) is 0.332. The summed E-state index contributed by atoms with van der Waals surface area (Å²) in [6.07, 6.45) is -12.5. The lowest BCUT2D eigenvalue weighted by molar-refractivity contribution is -0.399. The van der Waals surface area contributed by atoms with E-state index in [1.807, 2.05) is 0 Å².